The van der Waals surface area contributed by atoms with Crippen molar-refractivity contribution in [3.63, 3.8) is 0 Å². The number of aromatic nitrogens is 2. The topological polar surface area (TPSA) is 66.7 Å². The first-order chi connectivity index (χ1) is 10.1. The van der Waals surface area contributed by atoms with Crippen LogP contribution in [-0.4, -0.2) is 41.7 Å². The van der Waals surface area contributed by atoms with Crippen molar-refractivity contribution in [3.05, 3.63) is 24.4 Å². The number of nitrogens with one attached hydrogen (secondary N) is 1. The highest BCUT2D eigenvalue weighted by Crippen LogP contribution is 2.31. The summed E-state index contributed by atoms with van der Waals surface area (Å²) < 4.78 is 29.4. The summed E-state index contributed by atoms with van der Waals surface area (Å²) in [5, 5.41) is 3.15. The summed E-state index contributed by atoms with van der Waals surface area (Å²) in [4.78, 5) is 4.37. The molecule has 1 saturated heterocycles. The van der Waals surface area contributed by atoms with Gasteiger partial charge in [-0.25, -0.2) is 13.4 Å². The van der Waals surface area contributed by atoms with Gasteiger partial charge in [0, 0.05) is 25.8 Å². The minimum atomic E-state index is -3.55. The number of anilines is 1. The maximum Gasteiger partial charge on any atom is 0.263 e. The average Bonchev–Trinajstić information content (AvgIpc) is 3.11. The van der Waals surface area contributed by atoms with Gasteiger partial charge in [-0.2, -0.15) is 4.31 Å². The first-order valence-electron chi connectivity index (χ1n) is 7.26. The highest BCUT2D eigenvalue weighted by Gasteiger charge is 2.37. The first kappa shape index (κ1) is 14.3. The average molecular weight is 308 g/mol. The smallest absolute Gasteiger partial charge is 0.263 e. The Morgan fingerprint density at radius 3 is 2.95 bits per heavy atom. The van der Waals surface area contributed by atoms with Crippen LogP contribution in [-0.2, 0) is 10.0 Å². The van der Waals surface area contributed by atoms with Crippen molar-refractivity contribution in [2.24, 2.45) is 0 Å². The summed E-state index contributed by atoms with van der Waals surface area (Å²) in [6, 6.07) is 5.56. The maximum atomic E-state index is 13.1. The van der Waals surface area contributed by atoms with E-state index in [1.54, 1.807) is 28.0 Å². The van der Waals surface area contributed by atoms with Gasteiger partial charge in [-0.3, -0.25) is 4.40 Å². The number of nitrogens with zero attached hydrogens (tertiary/aromatic N) is 3. The predicted molar refractivity (Wildman–Crippen MR) is 81.9 cm³/mol. The Morgan fingerprint density at radius 2 is 2.24 bits per heavy atom. The second-order valence-electron chi connectivity index (χ2n) is 5.26. The van der Waals surface area contributed by atoms with Gasteiger partial charge in [0.2, 0.25) is 0 Å². The van der Waals surface area contributed by atoms with Crippen LogP contribution in [0.15, 0.2) is 29.4 Å². The zero-order valence-electron chi connectivity index (χ0n) is 12.3. The largest absolute Gasteiger partial charge is 0.371 e. The van der Waals surface area contributed by atoms with E-state index in [0.717, 1.165) is 19.3 Å². The van der Waals surface area contributed by atoms with E-state index < -0.39 is 10.0 Å². The Bertz CT molecular complexity index is 753. The van der Waals surface area contributed by atoms with Crippen LogP contribution in [0.3, 0.4) is 0 Å². The lowest BCUT2D eigenvalue weighted by molar-refractivity contribution is 0.378. The summed E-state index contributed by atoms with van der Waals surface area (Å²) in [5.74, 6) is 0.406. The van der Waals surface area contributed by atoms with E-state index in [-0.39, 0.29) is 11.1 Å². The molecule has 1 atom stereocenters. The number of hydrogen-bond acceptors (Lipinski definition) is 4. The number of imidazole rings is 1. The number of hydrogen-bond donors (Lipinski definition) is 1. The molecule has 2 aromatic heterocycles. The van der Waals surface area contributed by atoms with Crippen molar-refractivity contribution in [2.45, 2.75) is 37.3 Å². The van der Waals surface area contributed by atoms with Crippen LogP contribution in [0.5, 0.6) is 0 Å². The molecule has 7 heteroatoms. The Hall–Kier alpha value is -1.60. The van der Waals surface area contributed by atoms with E-state index in [9.17, 15) is 8.42 Å². The molecule has 0 radical (unpaired) electrons. The van der Waals surface area contributed by atoms with E-state index in [1.807, 2.05) is 19.1 Å². The molecule has 1 aliphatic heterocycles. The van der Waals surface area contributed by atoms with Gasteiger partial charge in [-0.1, -0.05) is 13.0 Å². The van der Waals surface area contributed by atoms with E-state index in [0.29, 0.717) is 18.0 Å². The summed E-state index contributed by atoms with van der Waals surface area (Å²) in [5.41, 5.74) is 0.632. The van der Waals surface area contributed by atoms with Crippen LogP contribution in [0.25, 0.3) is 5.65 Å². The van der Waals surface area contributed by atoms with Gasteiger partial charge in [-0.05, 0) is 31.4 Å². The number of pyridine rings is 1. The van der Waals surface area contributed by atoms with Crippen LogP contribution in [0.4, 0.5) is 5.82 Å². The van der Waals surface area contributed by atoms with Gasteiger partial charge in [0.25, 0.3) is 10.0 Å². The van der Waals surface area contributed by atoms with Crippen molar-refractivity contribution in [1.82, 2.24) is 13.7 Å². The fourth-order valence-corrected chi connectivity index (χ4v) is 5.06. The van der Waals surface area contributed by atoms with Crippen molar-refractivity contribution in [2.75, 3.05) is 18.9 Å². The minimum Gasteiger partial charge on any atom is -0.371 e. The van der Waals surface area contributed by atoms with Crippen LogP contribution in [0.1, 0.15) is 26.2 Å². The Kier molecular flexibility index (Phi) is 3.62. The van der Waals surface area contributed by atoms with Crippen molar-refractivity contribution in [1.29, 1.82) is 0 Å². The van der Waals surface area contributed by atoms with E-state index in [1.165, 1.54) is 0 Å². The van der Waals surface area contributed by atoms with Crippen LogP contribution < -0.4 is 5.32 Å². The fourth-order valence-electron chi connectivity index (χ4n) is 3.03. The zero-order chi connectivity index (χ0) is 15.0. The molecule has 0 spiro atoms. The third-order valence-corrected chi connectivity index (χ3v) is 6.05. The summed E-state index contributed by atoms with van der Waals surface area (Å²) in [6.45, 7) is 2.62. The zero-order valence-corrected chi connectivity index (χ0v) is 13.1. The Labute approximate surface area is 124 Å². The molecular formula is C14H20N4O2S. The molecular weight excluding hydrogens is 288 g/mol. The molecule has 1 N–H and O–H groups in total. The molecule has 114 valence electrons. The van der Waals surface area contributed by atoms with Crippen molar-refractivity contribution < 1.29 is 8.42 Å². The first-order valence-corrected chi connectivity index (χ1v) is 8.70. The molecule has 1 fully saturated rings. The summed E-state index contributed by atoms with van der Waals surface area (Å²) >= 11 is 0. The minimum absolute atomic E-state index is 0.0916. The highest BCUT2D eigenvalue weighted by molar-refractivity contribution is 7.89. The quantitative estimate of drug-likeness (QED) is 0.937. The molecule has 3 rings (SSSR count). The lowest BCUT2D eigenvalue weighted by Gasteiger charge is -2.23. The summed E-state index contributed by atoms with van der Waals surface area (Å²) in [7, 11) is -1.86. The lowest BCUT2D eigenvalue weighted by Crippen LogP contribution is -2.36. The van der Waals surface area contributed by atoms with E-state index in [4.69, 9.17) is 0 Å². The highest BCUT2D eigenvalue weighted by atomic mass is 32.2. The third-order valence-electron chi connectivity index (χ3n) is 4.07. The molecule has 0 saturated carbocycles. The fraction of sp³-hybridized carbons (Fsp3) is 0.500. The Balaban J connectivity index is 2.18. The van der Waals surface area contributed by atoms with Crippen molar-refractivity contribution >= 4 is 21.5 Å². The molecule has 1 aliphatic rings. The second-order valence-corrected chi connectivity index (χ2v) is 7.07. The van der Waals surface area contributed by atoms with Crippen molar-refractivity contribution in [3.8, 4) is 0 Å². The van der Waals surface area contributed by atoms with E-state index in [2.05, 4.69) is 10.3 Å². The molecule has 6 nitrogen and oxygen atoms in total. The third kappa shape index (κ3) is 2.20. The molecule has 3 heterocycles. The molecule has 0 aliphatic carbocycles. The molecule has 0 bridgehead atoms. The van der Waals surface area contributed by atoms with Crippen LogP contribution in [0.2, 0.25) is 0 Å². The van der Waals surface area contributed by atoms with Gasteiger partial charge in [0.05, 0.1) is 0 Å². The molecule has 2 aromatic rings. The number of sulfonamides is 1. The van der Waals surface area contributed by atoms with E-state index >= 15 is 0 Å². The Morgan fingerprint density at radius 1 is 1.43 bits per heavy atom. The van der Waals surface area contributed by atoms with Gasteiger partial charge < -0.3 is 5.32 Å². The number of rotatable bonds is 4. The van der Waals surface area contributed by atoms with Gasteiger partial charge in [-0.15, -0.1) is 0 Å². The maximum absolute atomic E-state index is 13.1. The van der Waals surface area contributed by atoms with Crippen LogP contribution in [0, 0.1) is 0 Å². The second kappa shape index (κ2) is 5.31. The predicted octanol–water partition coefficient (Wildman–Crippen LogP) is 1.94. The standard InChI is InChI=1S/C14H20N4O2S/c1-3-11-7-6-10-18(11)21(19,20)14-13(15-2)16-12-8-4-5-9-17(12)14/h4-5,8-9,11,15H,3,6-7,10H2,1-2H3. The van der Waals surface area contributed by atoms with Crippen LogP contribution >= 0.6 is 0 Å². The SMILES string of the molecule is CCC1CCCN1S(=O)(=O)c1c(NC)nc2ccccn12. The summed E-state index contributed by atoms with van der Waals surface area (Å²) in [6.07, 6.45) is 4.43. The number of fused-ring (bicyclic) bond motifs is 1. The molecule has 0 aromatic carbocycles. The lowest BCUT2D eigenvalue weighted by atomic mass is 10.2. The van der Waals surface area contributed by atoms with Gasteiger partial charge in [0.15, 0.2) is 10.8 Å². The van der Waals surface area contributed by atoms with Gasteiger partial charge in [0.1, 0.15) is 5.65 Å². The monoisotopic (exact) mass is 308 g/mol. The molecule has 21 heavy (non-hydrogen) atoms. The molecule has 1 unspecified atom stereocenters. The van der Waals surface area contributed by atoms with Gasteiger partial charge >= 0.3 is 0 Å². The normalized spacial score (nSPS) is 20.2. The molecule has 0 amide bonds.